The van der Waals surface area contributed by atoms with Gasteiger partial charge < -0.3 is 4.42 Å². The van der Waals surface area contributed by atoms with Crippen molar-refractivity contribution in [2.45, 2.75) is 38.4 Å². The summed E-state index contributed by atoms with van der Waals surface area (Å²) in [5.74, 6) is 2.91. The molecule has 1 saturated heterocycles. The van der Waals surface area contributed by atoms with Crippen LogP contribution in [-0.4, -0.2) is 16.3 Å². The largest absolute Gasteiger partial charge is 0.466 e. The first-order valence-electron chi connectivity index (χ1n) is 5.29. The third-order valence-electron chi connectivity index (χ3n) is 2.98. The number of aryl methyl sites for hydroxylation is 2. The van der Waals surface area contributed by atoms with E-state index in [9.17, 15) is 4.79 Å². The molecule has 0 aliphatic carbocycles. The van der Waals surface area contributed by atoms with E-state index in [2.05, 4.69) is 6.92 Å². The maximum Gasteiger partial charge on any atom is 0.182 e. The van der Waals surface area contributed by atoms with E-state index in [-0.39, 0.29) is 10.5 Å². The Morgan fingerprint density at radius 2 is 2.27 bits per heavy atom. The summed E-state index contributed by atoms with van der Waals surface area (Å²) < 4.78 is 5.19. The van der Waals surface area contributed by atoms with Crippen LogP contribution in [0.4, 0.5) is 0 Å². The molecule has 1 aromatic heterocycles. The highest BCUT2D eigenvalue weighted by Crippen LogP contribution is 2.40. The van der Waals surface area contributed by atoms with Crippen molar-refractivity contribution in [3.8, 4) is 0 Å². The van der Waals surface area contributed by atoms with Gasteiger partial charge in [-0.15, -0.1) is 11.8 Å². The minimum Gasteiger partial charge on any atom is -0.466 e. The molecule has 1 fully saturated rings. The van der Waals surface area contributed by atoms with Gasteiger partial charge in [0.25, 0.3) is 0 Å². The van der Waals surface area contributed by atoms with Crippen molar-refractivity contribution in [3.63, 3.8) is 0 Å². The minimum atomic E-state index is -0.221. The molecule has 2 rings (SSSR count). The Labute approximate surface area is 94.4 Å². The normalized spacial score (nSPS) is 25.8. The number of hydrogen-bond donors (Lipinski definition) is 0. The molecule has 2 nitrogen and oxygen atoms in total. The Morgan fingerprint density at radius 1 is 1.53 bits per heavy atom. The first-order valence-corrected chi connectivity index (χ1v) is 6.27. The van der Waals surface area contributed by atoms with Gasteiger partial charge in [-0.25, -0.2) is 0 Å². The van der Waals surface area contributed by atoms with Crippen molar-refractivity contribution in [2.24, 2.45) is 0 Å². The zero-order chi connectivity index (χ0) is 11.1. The van der Waals surface area contributed by atoms with Gasteiger partial charge in [0, 0.05) is 0 Å². The summed E-state index contributed by atoms with van der Waals surface area (Å²) in [6.07, 6.45) is 2.13. The van der Waals surface area contributed by atoms with E-state index in [4.69, 9.17) is 4.42 Å². The van der Waals surface area contributed by atoms with Crippen LogP contribution in [0, 0.1) is 13.8 Å². The predicted octanol–water partition coefficient (Wildman–Crippen LogP) is 3.36. The first kappa shape index (κ1) is 10.8. The molecule has 3 heteroatoms. The molecule has 2 heterocycles. The van der Waals surface area contributed by atoms with Gasteiger partial charge in [-0.3, -0.25) is 4.79 Å². The molecule has 1 aliphatic heterocycles. The molecule has 1 aliphatic rings. The second-order valence-corrected chi connectivity index (χ2v) is 5.94. The summed E-state index contributed by atoms with van der Waals surface area (Å²) in [4.78, 5) is 12.3. The quantitative estimate of drug-likeness (QED) is 0.721. The molecule has 0 saturated carbocycles. The van der Waals surface area contributed by atoms with Crippen molar-refractivity contribution >= 4 is 17.5 Å². The van der Waals surface area contributed by atoms with Crippen LogP contribution in [0.15, 0.2) is 10.5 Å². The molecule has 0 N–H and O–H groups in total. The van der Waals surface area contributed by atoms with Crippen molar-refractivity contribution in [3.05, 3.63) is 23.2 Å². The summed E-state index contributed by atoms with van der Waals surface area (Å²) in [6, 6.07) is 1.86. The second kappa shape index (κ2) is 3.71. The number of Topliss-reactive ketones (excluding diaryl/α,β-unsaturated/α-hetero) is 1. The highest BCUT2D eigenvalue weighted by atomic mass is 32.2. The monoisotopic (exact) mass is 224 g/mol. The molecule has 1 aromatic rings. The van der Waals surface area contributed by atoms with Crippen LogP contribution < -0.4 is 0 Å². The molecule has 1 unspecified atom stereocenters. The zero-order valence-electron chi connectivity index (χ0n) is 9.42. The smallest absolute Gasteiger partial charge is 0.182 e. The maximum atomic E-state index is 12.3. The highest BCUT2D eigenvalue weighted by molar-refractivity contribution is 8.01. The topological polar surface area (TPSA) is 30.2 Å². The van der Waals surface area contributed by atoms with Gasteiger partial charge in [0.15, 0.2) is 5.78 Å². The predicted molar refractivity (Wildman–Crippen MR) is 62.6 cm³/mol. The minimum absolute atomic E-state index is 0.221. The highest BCUT2D eigenvalue weighted by Gasteiger charge is 2.38. The summed E-state index contributed by atoms with van der Waals surface area (Å²) in [5.41, 5.74) is 0.768. The van der Waals surface area contributed by atoms with E-state index < -0.39 is 0 Å². The standard InChI is InChI=1S/C12H16O2S/c1-8-7-10(9(2)14-8)11(13)12(3)5-4-6-15-12/h7H,4-6H2,1-3H3. The Bertz CT molecular complexity index is 386. The van der Waals surface area contributed by atoms with E-state index in [0.717, 1.165) is 35.7 Å². The van der Waals surface area contributed by atoms with E-state index in [0.29, 0.717) is 0 Å². The maximum absolute atomic E-state index is 12.3. The molecule has 0 bridgehead atoms. The molecule has 15 heavy (non-hydrogen) atoms. The second-order valence-electron chi connectivity index (χ2n) is 4.34. The van der Waals surface area contributed by atoms with E-state index in [1.807, 2.05) is 19.9 Å². The van der Waals surface area contributed by atoms with Crippen LogP contribution in [0.3, 0.4) is 0 Å². The lowest BCUT2D eigenvalue weighted by atomic mass is 9.95. The summed E-state index contributed by atoms with van der Waals surface area (Å²) >= 11 is 1.77. The van der Waals surface area contributed by atoms with Gasteiger partial charge in [0.2, 0.25) is 0 Å². The number of thioether (sulfide) groups is 1. The van der Waals surface area contributed by atoms with Crippen LogP contribution in [0.25, 0.3) is 0 Å². The fourth-order valence-corrected chi connectivity index (χ4v) is 3.37. The lowest BCUT2D eigenvalue weighted by Gasteiger charge is -2.20. The van der Waals surface area contributed by atoms with Crippen LogP contribution >= 0.6 is 11.8 Å². The number of rotatable bonds is 2. The zero-order valence-corrected chi connectivity index (χ0v) is 10.2. The van der Waals surface area contributed by atoms with E-state index in [1.54, 1.807) is 11.8 Å². The fourth-order valence-electron chi connectivity index (χ4n) is 2.10. The van der Waals surface area contributed by atoms with Crippen LogP contribution in [0.2, 0.25) is 0 Å². The van der Waals surface area contributed by atoms with Gasteiger partial charge in [-0.05, 0) is 45.4 Å². The molecule has 0 spiro atoms. The molecular formula is C12H16O2S. The van der Waals surface area contributed by atoms with Gasteiger partial charge in [-0.2, -0.15) is 0 Å². The molecule has 0 amide bonds. The molecule has 82 valence electrons. The van der Waals surface area contributed by atoms with Gasteiger partial charge >= 0.3 is 0 Å². The van der Waals surface area contributed by atoms with E-state index >= 15 is 0 Å². The van der Waals surface area contributed by atoms with Crippen LogP contribution in [0.1, 0.15) is 41.6 Å². The van der Waals surface area contributed by atoms with Crippen molar-refractivity contribution in [1.29, 1.82) is 0 Å². The molecule has 0 radical (unpaired) electrons. The number of ketones is 1. The van der Waals surface area contributed by atoms with Crippen molar-refractivity contribution in [2.75, 3.05) is 5.75 Å². The molecule has 0 aromatic carbocycles. The van der Waals surface area contributed by atoms with E-state index in [1.165, 1.54) is 0 Å². The van der Waals surface area contributed by atoms with Crippen LogP contribution in [0.5, 0.6) is 0 Å². The van der Waals surface area contributed by atoms with Crippen molar-refractivity contribution < 1.29 is 9.21 Å². The lowest BCUT2D eigenvalue weighted by Crippen LogP contribution is -2.28. The Balaban J connectivity index is 2.31. The first-order chi connectivity index (χ1) is 7.03. The lowest BCUT2D eigenvalue weighted by molar-refractivity contribution is 0.0947. The van der Waals surface area contributed by atoms with Gasteiger partial charge in [0.1, 0.15) is 11.5 Å². The average molecular weight is 224 g/mol. The van der Waals surface area contributed by atoms with Crippen LogP contribution in [-0.2, 0) is 0 Å². The Morgan fingerprint density at radius 3 is 2.73 bits per heavy atom. The number of furan rings is 1. The third-order valence-corrected chi connectivity index (χ3v) is 4.50. The number of carbonyl (C=O) groups is 1. The van der Waals surface area contributed by atoms with Gasteiger partial charge in [0.05, 0.1) is 10.3 Å². The summed E-state index contributed by atoms with van der Waals surface area (Å²) in [6.45, 7) is 5.80. The third kappa shape index (κ3) is 1.85. The molecular weight excluding hydrogens is 208 g/mol. The van der Waals surface area contributed by atoms with Crippen molar-refractivity contribution in [1.82, 2.24) is 0 Å². The summed E-state index contributed by atoms with van der Waals surface area (Å²) in [5, 5.41) is 0. The molecule has 1 atom stereocenters. The summed E-state index contributed by atoms with van der Waals surface area (Å²) in [7, 11) is 0. The van der Waals surface area contributed by atoms with Gasteiger partial charge in [-0.1, -0.05) is 0 Å². The average Bonchev–Trinajstić information content (AvgIpc) is 2.73. The Hall–Kier alpha value is -0.700. The Kier molecular flexibility index (Phi) is 2.67. The SMILES string of the molecule is Cc1cc(C(=O)C2(C)CCCS2)c(C)o1. The number of carbonyl (C=O) groups excluding carboxylic acids is 1. The number of hydrogen-bond acceptors (Lipinski definition) is 3. The fraction of sp³-hybridized carbons (Fsp3) is 0.583.